The summed E-state index contributed by atoms with van der Waals surface area (Å²) in [6.07, 6.45) is 1.74. The van der Waals surface area contributed by atoms with Gasteiger partial charge in [-0.3, -0.25) is 4.99 Å². The van der Waals surface area contributed by atoms with Crippen molar-refractivity contribution < 1.29 is 0 Å². The lowest BCUT2D eigenvalue weighted by atomic mass is 10.7. The SMILES string of the molecule is C1=NCCN1.C1CNCN1. The lowest BCUT2D eigenvalue weighted by molar-refractivity contribution is 0.807. The molecule has 10 heavy (non-hydrogen) atoms. The molecule has 0 aromatic rings. The zero-order chi connectivity index (χ0) is 7.07. The minimum Gasteiger partial charge on any atom is -0.375 e. The molecular weight excluding hydrogens is 128 g/mol. The van der Waals surface area contributed by atoms with Crippen LogP contribution in [0.1, 0.15) is 0 Å². The second-order valence-corrected chi connectivity index (χ2v) is 2.17. The fourth-order valence-corrected chi connectivity index (χ4v) is 0.765. The maximum absolute atomic E-state index is 3.85. The molecule has 1 fully saturated rings. The Morgan fingerprint density at radius 1 is 1.10 bits per heavy atom. The minimum atomic E-state index is 0.958. The van der Waals surface area contributed by atoms with Gasteiger partial charge >= 0.3 is 0 Å². The van der Waals surface area contributed by atoms with Gasteiger partial charge in [0.15, 0.2) is 0 Å². The Morgan fingerprint density at radius 2 is 1.90 bits per heavy atom. The van der Waals surface area contributed by atoms with Gasteiger partial charge in [0.25, 0.3) is 0 Å². The van der Waals surface area contributed by atoms with Crippen LogP contribution in [0.15, 0.2) is 4.99 Å². The summed E-state index contributed by atoms with van der Waals surface area (Å²) < 4.78 is 0. The molecule has 0 spiro atoms. The van der Waals surface area contributed by atoms with Gasteiger partial charge in [-0.15, -0.1) is 0 Å². The summed E-state index contributed by atoms with van der Waals surface area (Å²) in [6.45, 7) is 5.26. The van der Waals surface area contributed by atoms with E-state index in [4.69, 9.17) is 0 Å². The molecule has 2 rings (SSSR count). The van der Waals surface area contributed by atoms with E-state index in [0.717, 1.165) is 32.8 Å². The van der Waals surface area contributed by atoms with E-state index in [0.29, 0.717) is 0 Å². The predicted molar refractivity (Wildman–Crippen MR) is 42.2 cm³/mol. The van der Waals surface area contributed by atoms with E-state index in [1.807, 2.05) is 0 Å². The second-order valence-electron chi connectivity index (χ2n) is 2.17. The first-order chi connectivity index (χ1) is 5.00. The fourth-order valence-electron chi connectivity index (χ4n) is 0.765. The van der Waals surface area contributed by atoms with Gasteiger partial charge in [-0.05, 0) is 0 Å². The Bertz CT molecular complexity index is 84.3. The first kappa shape index (κ1) is 7.50. The van der Waals surface area contributed by atoms with E-state index in [1.54, 1.807) is 6.34 Å². The van der Waals surface area contributed by atoms with E-state index in [9.17, 15) is 0 Å². The first-order valence-electron chi connectivity index (χ1n) is 3.63. The molecule has 1 saturated heterocycles. The number of nitrogens with zero attached hydrogens (tertiary/aromatic N) is 1. The molecule has 0 atom stereocenters. The fraction of sp³-hybridized carbons (Fsp3) is 0.833. The average Bonchev–Trinajstić information content (AvgIpc) is 2.67. The summed E-state index contributed by atoms with van der Waals surface area (Å²) in [5, 5.41) is 9.15. The third kappa shape index (κ3) is 3.42. The van der Waals surface area contributed by atoms with E-state index in [1.165, 1.54) is 0 Å². The van der Waals surface area contributed by atoms with Gasteiger partial charge in [-0.2, -0.15) is 0 Å². The summed E-state index contributed by atoms with van der Waals surface area (Å²) in [7, 11) is 0. The molecule has 2 heterocycles. The van der Waals surface area contributed by atoms with Crippen molar-refractivity contribution in [1.29, 1.82) is 0 Å². The Balaban J connectivity index is 0.0000001000. The maximum atomic E-state index is 3.85. The molecule has 0 radical (unpaired) electrons. The Labute approximate surface area is 61.1 Å². The van der Waals surface area contributed by atoms with Gasteiger partial charge in [-0.1, -0.05) is 0 Å². The predicted octanol–water partition coefficient (Wildman–Crippen LogP) is -1.25. The van der Waals surface area contributed by atoms with Gasteiger partial charge in [0.2, 0.25) is 0 Å². The quantitative estimate of drug-likeness (QED) is 0.396. The summed E-state index contributed by atoms with van der Waals surface area (Å²) in [5.74, 6) is 0. The number of aliphatic imine (C=N–C) groups is 1. The van der Waals surface area contributed by atoms with Crippen LogP contribution in [0.25, 0.3) is 0 Å². The number of hydrogen-bond acceptors (Lipinski definition) is 4. The first-order valence-corrected chi connectivity index (χ1v) is 3.63. The van der Waals surface area contributed by atoms with Gasteiger partial charge in [0, 0.05) is 26.3 Å². The summed E-state index contributed by atoms with van der Waals surface area (Å²) in [4.78, 5) is 3.85. The molecule has 3 N–H and O–H groups in total. The van der Waals surface area contributed by atoms with Crippen molar-refractivity contribution in [2.24, 2.45) is 4.99 Å². The average molecular weight is 142 g/mol. The largest absolute Gasteiger partial charge is 0.375 e. The highest BCUT2D eigenvalue weighted by molar-refractivity contribution is 5.56. The van der Waals surface area contributed by atoms with Crippen LogP contribution < -0.4 is 16.0 Å². The van der Waals surface area contributed by atoms with E-state index >= 15 is 0 Å². The molecule has 0 aromatic heterocycles. The monoisotopic (exact) mass is 142 g/mol. The molecule has 4 nitrogen and oxygen atoms in total. The van der Waals surface area contributed by atoms with Crippen LogP contribution in [-0.2, 0) is 0 Å². The lowest BCUT2D eigenvalue weighted by Gasteiger charge is -1.77. The summed E-state index contributed by atoms with van der Waals surface area (Å²) in [6, 6.07) is 0. The Morgan fingerprint density at radius 3 is 2.10 bits per heavy atom. The summed E-state index contributed by atoms with van der Waals surface area (Å²) >= 11 is 0. The van der Waals surface area contributed by atoms with Crippen LogP contribution in [0.2, 0.25) is 0 Å². The molecule has 0 saturated carbocycles. The number of hydrogen-bond donors (Lipinski definition) is 3. The molecule has 0 aliphatic carbocycles. The van der Waals surface area contributed by atoms with Crippen molar-refractivity contribution in [2.45, 2.75) is 0 Å². The maximum Gasteiger partial charge on any atom is 0.0825 e. The van der Waals surface area contributed by atoms with E-state index in [-0.39, 0.29) is 0 Å². The molecule has 0 unspecified atom stereocenters. The third-order valence-corrected chi connectivity index (χ3v) is 1.30. The lowest BCUT2D eigenvalue weighted by Crippen LogP contribution is -2.11. The van der Waals surface area contributed by atoms with Crippen LogP contribution in [0.3, 0.4) is 0 Å². The van der Waals surface area contributed by atoms with Crippen LogP contribution in [0.4, 0.5) is 0 Å². The molecule has 2 aliphatic heterocycles. The van der Waals surface area contributed by atoms with Crippen LogP contribution in [0.5, 0.6) is 0 Å². The molecule has 0 amide bonds. The Kier molecular flexibility index (Phi) is 3.90. The van der Waals surface area contributed by atoms with Crippen molar-refractivity contribution in [3.63, 3.8) is 0 Å². The third-order valence-electron chi connectivity index (χ3n) is 1.30. The summed E-state index contributed by atoms with van der Waals surface area (Å²) in [5.41, 5.74) is 0. The molecule has 0 aromatic carbocycles. The van der Waals surface area contributed by atoms with Crippen LogP contribution >= 0.6 is 0 Å². The smallest absolute Gasteiger partial charge is 0.0825 e. The number of nitrogens with one attached hydrogen (secondary N) is 3. The molecule has 4 heteroatoms. The minimum absolute atomic E-state index is 0.958. The molecule has 2 aliphatic rings. The van der Waals surface area contributed by atoms with Crippen molar-refractivity contribution in [3.8, 4) is 0 Å². The van der Waals surface area contributed by atoms with Gasteiger partial charge < -0.3 is 16.0 Å². The standard InChI is InChI=1S/C3H8N2.C3H6N2/c2*1-2-5-3-4-1/h4-5H,1-3H2;3H,1-2H2,(H,4,5). The van der Waals surface area contributed by atoms with Gasteiger partial charge in [0.1, 0.15) is 0 Å². The highest BCUT2D eigenvalue weighted by Crippen LogP contribution is 1.68. The molecular formula is C6H14N4. The molecule has 0 bridgehead atoms. The van der Waals surface area contributed by atoms with Crippen molar-refractivity contribution in [2.75, 3.05) is 32.8 Å². The number of rotatable bonds is 0. The van der Waals surface area contributed by atoms with Gasteiger partial charge in [0.05, 0.1) is 12.9 Å². The highest BCUT2D eigenvalue weighted by Gasteiger charge is 1.90. The van der Waals surface area contributed by atoms with Crippen molar-refractivity contribution in [3.05, 3.63) is 0 Å². The Hall–Kier alpha value is -0.610. The van der Waals surface area contributed by atoms with Crippen LogP contribution in [0, 0.1) is 0 Å². The van der Waals surface area contributed by atoms with Crippen molar-refractivity contribution in [1.82, 2.24) is 16.0 Å². The van der Waals surface area contributed by atoms with Gasteiger partial charge in [-0.25, -0.2) is 0 Å². The van der Waals surface area contributed by atoms with E-state index in [2.05, 4.69) is 20.9 Å². The second kappa shape index (κ2) is 5.20. The zero-order valence-electron chi connectivity index (χ0n) is 6.06. The normalized spacial score (nSPS) is 21.6. The highest BCUT2D eigenvalue weighted by atomic mass is 15.1. The van der Waals surface area contributed by atoms with Crippen LogP contribution in [-0.4, -0.2) is 39.2 Å². The zero-order valence-corrected chi connectivity index (χ0v) is 6.06. The molecule has 58 valence electrons. The topological polar surface area (TPSA) is 48.5 Å². The van der Waals surface area contributed by atoms with Crippen molar-refractivity contribution >= 4 is 6.34 Å². The van der Waals surface area contributed by atoms with E-state index < -0.39 is 0 Å².